The summed E-state index contributed by atoms with van der Waals surface area (Å²) in [5.74, 6) is 102. The molecule has 0 radical (unpaired) electrons. The average Bonchev–Trinajstić information content (AvgIpc) is 2.58. The van der Waals surface area contributed by atoms with Gasteiger partial charge in [-0.1, -0.05) is 60.2 Å². The zero-order valence-corrected chi connectivity index (χ0v) is 45.6. The van der Waals surface area contributed by atoms with Crippen molar-refractivity contribution in [1.82, 2.24) is 0 Å². The maximum Gasteiger partial charge on any atom is 0.144 e. The molecule has 5 aromatic rings. The first-order chi connectivity index (χ1) is 41.9. The minimum atomic E-state index is -1.10. The van der Waals surface area contributed by atoms with E-state index in [9.17, 15) is 5.11 Å². The lowest BCUT2D eigenvalue weighted by atomic mass is 9.82. The van der Waals surface area contributed by atoms with Crippen molar-refractivity contribution in [2.75, 3.05) is 7.11 Å². The number of benzene rings is 5. The van der Waals surface area contributed by atoms with Crippen molar-refractivity contribution in [3.8, 4) is 285 Å². The van der Waals surface area contributed by atoms with Crippen molar-refractivity contribution in [2.24, 2.45) is 0 Å². The van der Waals surface area contributed by atoms with E-state index in [2.05, 4.69) is 286 Å². The van der Waals surface area contributed by atoms with Crippen molar-refractivity contribution in [3.63, 3.8) is 0 Å². The van der Waals surface area contributed by atoms with Gasteiger partial charge in [0.1, 0.15) is 41.8 Å². The first kappa shape index (κ1) is 61.7. The highest BCUT2D eigenvalue weighted by Gasteiger charge is 2.29. The Hall–Kier alpha value is -14.2. The van der Waals surface area contributed by atoms with Crippen molar-refractivity contribution in [3.05, 3.63) is 131 Å². The van der Waals surface area contributed by atoms with Crippen LogP contribution in [0.1, 0.15) is 40.7 Å². The molecule has 1 unspecified atom stereocenters. The Kier molecular flexibility index (Phi) is 27.9. The maximum absolute atomic E-state index is 12.5. The topological polar surface area (TPSA) is 57.2 Å². The monoisotopic (exact) mass is 1080 g/mol. The molecule has 0 aliphatic rings. The molecule has 0 amide bonds. The third-order valence-electron chi connectivity index (χ3n) is 10.5. The van der Waals surface area contributed by atoms with Gasteiger partial charge in [0.2, 0.25) is 0 Å². The maximum atomic E-state index is 12.5. The van der Waals surface area contributed by atoms with Gasteiger partial charge in [0.05, 0.1) is 12.7 Å². The number of rotatable bonds is 13. The van der Waals surface area contributed by atoms with Gasteiger partial charge in [-0.05, 0) is 203 Å². The van der Waals surface area contributed by atoms with Crippen LogP contribution in [0.3, 0.4) is 0 Å². The van der Waals surface area contributed by atoms with Crippen LogP contribution in [0.5, 0.6) is 23.0 Å². The van der Waals surface area contributed by atoms with E-state index >= 15 is 0 Å². The van der Waals surface area contributed by atoms with Gasteiger partial charge in [-0.3, -0.25) is 0 Å². The Morgan fingerprint density at radius 1 is 0.353 bits per heavy atom. The summed E-state index contributed by atoms with van der Waals surface area (Å²) in [6.45, 7) is 2.19. The molecule has 0 bridgehead atoms. The van der Waals surface area contributed by atoms with Crippen molar-refractivity contribution >= 4 is 10.8 Å². The molecule has 5 heteroatoms. The summed E-state index contributed by atoms with van der Waals surface area (Å²) in [6, 6.07) is 33.4. The molecule has 5 nitrogen and oxygen atoms in total. The van der Waals surface area contributed by atoms with E-state index in [1.54, 1.807) is 25.3 Å². The number of methoxy groups -OCH3 is 1. The summed E-state index contributed by atoms with van der Waals surface area (Å²) in [4.78, 5) is 0. The molecule has 1 atom stereocenters. The van der Waals surface area contributed by atoms with Crippen LogP contribution in [-0.2, 0) is 25.0 Å². The summed E-state index contributed by atoms with van der Waals surface area (Å²) in [7, 11) is 1.65. The standard InChI is InChI=1S/C80H36O5/c1-5-7-9-11-13-15-17-19-21-23-25-27-29-31-33-35-37-39-41-43-61-83-78-63-72(64-79(67-78)84-62-44-42-40-38-36-34-32-30-28-26-24-22-20-18-16-14-12-10-8-6-2)68-85-77-56-52-73-65-75(53-51-74(73)66-77)80(81,59-57-70-47-45-69(3)46-48-70)60-58-71-49-54-76(82-4)55-50-71/h1-2,45-56,63-67,81H,57-60,68H2,3-4H3. The lowest BCUT2D eigenvalue weighted by molar-refractivity contribution is 0.0191. The molecule has 1 N–H and O–H groups in total. The average molecular weight is 1080 g/mol. The fourth-order valence-electron chi connectivity index (χ4n) is 6.62. The van der Waals surface area contributed by atoms with E-state index < -0.39 is 5.60 Å². The Morgan fingerprint density at radius 3 is 1.08 bits per heavy atom. The number of ether oxygens (including phenoxy) is 4. The number of fused-ring (bicyclic) bond motifs is 1. The molecule has 0 heterocycles. The smallest absolute Gasteiger partial charge is 0.144 e. The highest BCUT2D eigenvalue weighted by Crippen LogP contribution is 2.35. The van der Waals surface area contributed by atoms with E-state index in [4.69, 9.17) is 31.8 Å². The summed E-state index contributed by atoms with van der Waals surface area (Å²) >= 11 is 0. The zero-order chi connectivity index (χ0) is 59.9. The molecule has 0 saturated carbocycles. The van der Waals surface area contributed by atoms with Crippen molar-refractivity contribution in [1.29, 1.82) is 0 Å². The molecular formula is C80H36O5. The Morgan fingerprint density at radius 2 is 0.694 bits per heavy atom. The lowest BCUT2D eigenvalue weighted by Gasteiger charge is -2.30. The quantitative estimate of drug-likeness (QED) is 0.121. The second-order valence-corrected chi connectivity index (χ2v) is 16.1. The van der Waals surface area contributed by atoms with Crippen LogP contribution in [0.2, 0.25) is 0 Å². The molecule has 5 aromatic carbocycles. The van der Waals surface area contributed by atoms with Gasteiger partial charge in [-0.15, -0.1) is 12.8 Å². The van der Waals surface area contributed by atoms with Gasteiger partial charge in [0.25, 0.3) is 0 Å². The molecule has 0 spiro atoms. The molecule has 5 rings (SSSR count). The van der Waals surface area contributed by atoms with Gasteiger partial charge in [0.15, 0.2) is 0 Å². The number of hydrogen-bond donors (Lipinski definition) is 1. The fourth-order valence-corrected chi connectivity index (χ4v) is 6.62. The van der Waals surface area contributed by atoms with E-state index in [0.29, 0.717) is 48.5 Å². The van der Waals surface area contributed by atoms with Crippen LogP contribution in [0.4, 0.5) is 0 Å². The van der Waals surface area contributed by atoms with Crippen LogP contribution in [0, 0.1) is 269 Å². The van der Waals surface area contributed by atoms with Crippen LogP contribution in [-0.4, -0.2) is 12.2 Å². The van der Waals surface area contributed by atoms with Gasteiger partial charge in [-0.25, -0.2) is 0 Å². The predicted octanol–water partition coefficient (Wildman–Crippen LogP) is 8.20. The Bertz CT molecular complexity index is 4650. The summed E-state index contributed by atoms with van der Waals surface area (Å²) in [6.07, 6.45) is 17.6. The van der Waals surface area contributed by atoms with E-state index in [0.717, 1.165) is 27.6 Å². The summed E-state index contributed by atoms with van der Waals surface area (Å²) < 4.78 is 23.1. The number of aliphatic hydroxyl groups is 1. The van der Waals surface area contributed by atoms with Crippen LogP contribution < -0.4 is 18.9 Å². The fraction of sp³-hybridized carbons (Fsp3) is 0.100. The molecule has 0 aromatic heterocycles. The highest BCUT2D eigenvalue weighted by molar-refractivity contribution is 5.84. The van der Waals surface area contributed by atoms with Crippen molar-refractivity contribution in [2.45, 2.75) is 44.8 Å². The minimum absolute atomic E-state index is 0.124. The number of terminal acetylenes is 2. The Labute approximate surface area is 499 Å². The Balaban J connectivity index is 1.27. The van der Waals surface area contributed by atoms with Crippen LogP contribution in [0.25, 0.3) is 10.8 Å². The van der Waals surface area contributed by atoms with Gasteiger partial charge in [-0.2, -0.15) is 0 Å². The molecule has 85 heavy (non-hydrogen) atoms. The largest absolute Gasteiger partial charge is 0.497 e. The van der Waals surface area contributed by atoms with Crippen LogP contribution >= 0.6 is 0 Å². The SMILES string of the molecule is C#CC#CC#CC#CC#CC#CC#CC#CC#CC#CC#COc1cc(COc2ccc3cc(C(O)(CCc4ccc(C)cc4)CCc4ccc(OC)cc4)ccc3c2)cc(OC#CC#CC#CC#CC#CC#CC#CC#CC#CC#CC#C)c1. The normalized spacial score (nSPS) is 8.25. The third kappa shape index (κ3) is 26.2. The van der Waals surface area contributed by atoms with Gasteiger partial charge >= 0.3 is 0 Å². The minimum Gasteiger partial charge on any atom is -0.497 e. The molecule has 386 valence electrons. The highest BCUT2D eigenvalue weighted by atomic mass is 16.5. The summed E-state index contributed by atoms with van der Waals surface area (Å²) in [5.41, 5.74) is 3.90. The van der Waals surface area contributed by atoms with Crippen molar-refractivity contribution < 1.29 is 24.1 Å². The molecule has 0 saturated heterocycles. The van der Waals surface area contributed by atoms with E-state index in [-0.39, 0.29) is 6.61 Å². The third-order valence-corrected chi connectivity index (χ3v) is 10.5. The number of aryl methyl sites for hydroxylation is 3. The van der Waals surface area contributed by atoms with Crippen LogP contribution in [0.15, 0.2) is 103 Å². The number of hydrogen-bond acceptors (Lipinski definition) is 5. The summed E-state index contributed by atoms with van der Waals surface area (Å²) in [5, 5.41) is 14.3. The lowest BCUT2D eigenvalue weighted by Crippen LogP contribution is -2.27. The predicted molar refractivity (Wildman–Crippen MR) is 334 cm³/mol. The first-order valence-corrected chi connectivity index (χ1v) is 24.8. The van der Waals surface area contributed by atoms with Gasteiger partial charge < -0.3 is 24.1 Å². The van der Waals surface area contributed by atoms with E-state index in [1.807, 2.05) is 54.6 Å². The molecular weight excluding hydrogens is 1040 g/mol. The molecule has 0 aliphatic heterocycles. The van der Waals surface area contributed by atoms with E-state index in [1.165, 1.54) is 11.1 Å². The second kappa shape index (κ2) is 38.4. The zero-order valence-electron chi connectivity index (χ0n) is 45.6. The first-order valence-electron chi connectivity index (χ1n) is 24.8. The molecule has 0 aliphatic carbocycles. The molecule has 0 fully saturated rings. The van der Waals surface area contributed by atoms with Gasteiger partial charge in [0, 0.05) is 148 Å². The second-order valence-electron chi connectivity index (χ2n) is 16.1.